The molecule has 1 aliphatic carbocycles. The van der Waals surface area contributed by atoms with Gasteiger partial charge in [-0.3, -0.25) is 0 Å². The maximum atomic E-state index is 2.63. The number of nitrogens with zero attached hydrogens (tertiary/aromatic N) is 2. The third-order valence-corrected chi connectivity index (χ3v) is 12.9. The Balaban J connectivity index is 1.42. The summed E-state index contributed by atoms with van der Waals surface area (Å²) in [6, 6.07) is 63.2. The molecule has 0 bridgehead atoms. The zero-order valence-corrected chi connectivity index (χ0v) is 32.5. The zero-order valence-electron chi connectivity index (χ0n) is 32.5. The van der Waals surface area contributed by atoms with Gasteiger partial charge in [-0.2, -0.15) is 0 Å². The Hall–Kier alpha value is -6.38. The van der Waals surface area contributed by atoms with Crippen LogP contribution in [0.15, 0.2) is 170 Å². The molecule has 2 aromatic heterocycles. The average molecular weight is 721 g/mol. The molecular formula is C54H44N2. The lowest BCUT2D eigenvalue weighted by Gasteiger charge is -2.42. The van der Waals surface area contributed by atoms with Gasteiger partial charge < -0.3 is 9.13 Å². The summed E-state index contributed by atoms with van der Waals surface area (Å²) in [5, 5.41) is 7.79. The zero-order chi connectivity index (χ0) is 37.8. The van der Waals surface area contributed by atoms with E-state index in [0.29, 0.717) is 0 Å². The summed E-state index contributed by atoms with van der Waals surface area (Å²) in [5.41, 5.74) is 15.2. The summed E-state index contributed by atoms with van der Waals surface area (Å²) < 4.78 is 5.16. The van der Waals surface area contributed by atoms with Crippen molar-refractivity contribution in [2.45, 2.75) is 51.4 Å². The van der Waals surface area contributed by atoms with Crippen molar-refractivity contribution in [3.8, 4) is 33.6 Å². The van der Waals surface area contributed by atoms with E-state index < -0.39 is 0 Å². The fourth-order valence-electron chi connectivity index (χ4n) is 9.95. The van der Waals surface area contributed by atoms with Crippen LogP contribution >= 0.6 is 0 Å². The molecule has 0 saturated heterocycles. The van der Waals surface area contributed by atoms with E-state index in [2.05, 4.69) is 207 Å². The van der Waals surface area contributed by atoms with Crippen molar-refractivity contribution in [2.24, 2.45) is 0 Å². The molecule has 10 aromatic rings. The third-order valence-electron chi connectivity index (χ3n) is 12.9. The average Bonchev–Trinajstić information content (AvgIpc) is 3.77. The van der Waals surface area contributed by atoms with Gasteiger partial charge in [-0.25, -0.2) is 0 Å². The molecule has 1 aliphatic rings. The second-order valence-corrected chi connectivity index (χ2v) is 17.2. The van der Waals surface area contributed by atoms with Gasteiger partial charge in [-0.05, 0) is 116 Å². The van der Waals surface area contributed by atoms with Crippen molar-refractivity contribution in [1.29, 1.82) is 0 Å². The number of hydrogen-bond donors (Lipinski definition) is 0. The van der Waals surface area contributed by atoms with Gasteiger partial charge in [0.2, 0.25) is 0 Å². The first-order chi connectivity index (χ1) is 27.3. The van der Waals surface area contributed by atoms with Crippen LogP contribution in [-0.2, 0) is 10.8 Å². The molecule has 0 spiro atoms. The van der Waals surface area contributed by atoms with Crippen molar-refractivity contribution in [1.82, 2.24) is 9.13 Å². The van der Waals surface area contributed by atoms with Gasteiger partial charge >= 0.3 is 0 Å². The summed E-state index contributed by atoms with van der Waals surface area (Å²) in [5.74, 6) is 0. The third kappa shape index (κ3) is 4.81. The molecular weight excluding hydrogens is 677 g/mol. The standard InChI is InChI=1S/C54H44N2/c1-53(2)28-29-54(3,4)46-34-48-44(33-45(46)53)50-42-25-15-14-24-41(42)49-43-26-16-17-27-47(43)55(39-22-12-7-13-23-39)51(49)52(50)56(48)40-31-37(35-18-8-5-9-19-35)30-38(32-40)36-20-10-6-11-21-36/h5-27,30-34H,28-29H2,1-4H3. The van der Waals surface area contributed by atoms with E-state index in [9.17, 15) is 0 Å². The Labute approximate surface area is 328 Å². The van der Waals surface area contributed by atoms with Gasteiger partial charge in [0.1, 0.15) is 0 Å². The Morgan fingerprint density at radius 3 is 1.38 bits per heavy atom. The summed E-state index contributed by atoms with van der Waals surface area (Å²) in [4.78, 5) is 0. The number of benzene rings is 8. The fraction of sp³-hybridized carbons (Fsp3) is 0.148. The highest BCUT2D eigenvalue weighted by Gasteiger charge is 2.38. The molecule has 56 heavy (non-hydrogen) atoms. The molecule has 0 amide bonds. The van der Waals surface area contributed by atoms with Gasteiger partial charge in [0.15, 0.2) is 0 Å². The number of aromatic nitrogens is 2. The molecule has 2 heterocycles. The monoisotopic (exact) mass is 720 g/mol. The lowest BCUT2D eigenvalue weighted by atomic mass is 9.63. The first-order valence-electron chi connectivity index (χ1n) is 20.1. The normalized spacial score (nSPS) is 14.9. The lowest BCUT2D eigenvalue weighted by molar-refractivity contribution is 0.332. The molecule has 0 unspecified atom stereocenters. The minimum atomic E-state index is 0.0533. The molecule has 11 rings (SSSR count). The van der Waals surface area contributed by atoms with Crippen LogP contribution < -0.4 is 0 Å². The highest BCUT2D eigenvalue weighted by molar-refractivity contribution is 6.36. The topological polar surface area (TPSA) is 9.86 Å². The predicted octanol–water partition coefficient (Wildman–Crippen LogP) is 14.7. The number of fused-ring (bicyclic) bond motifs is 11. The van der Waals surface area contributed by atoms with Crippen molar-refractivity contribution in [2.75, 3.05) is 0 Å². The van der Waals surface area contributed by atoms with Gasteiger partial charge in [0.05, 0.1) is 22.1 Å². The van der Waals surface area contributed by atoms with Crippen LogP contribution in [0.1, 0.15) is 51.7 Å². The molecule has 8 aromatic carbocycles. The maximum Gasteiger partial charge on any atom is 0.0795 e. The van der Waals surface area contributed by atoms with E-state index in [1.54, 1.807) is 0 Å². The van der Waals surface area contributed by atoms with Crippen molar-refractivity contribution < 1.29 is 0 Å². The minimum absolute atomic E-state index is 0.0533. The van der Waals surface area contributed by atoms with Crippen LogP contribution in [0.3, 0.4) is 0 Å². The molecule has 0 aliphatic heterocycles. The summed E-state index contributed by atoms with van der Waals surface area (Å²) in [7, 11) is 0. The Morgan fingerprint density at radius 2 is 0.804 bits per heavy atom. The lowest BCUT2D eigenvalue weighted by Crippen LogP contribution is -2.33. The number of rotatable bonds is 4. The molecule has 0 fully saturated rings. The van der Waals surface area contributed by atoms with Crippen LogP contribution in [0, 0.1) is 0 Å². The van der Waals surface area contributed by atoms with Crippen molar-refractivity contribution in [3.63, 3.8) is 0 Å². The first-order valence-corrected chi connectivity index (χ1v) is 20.1. The maximum absolute atomic E-state index is 2.63. The van der Waals surface area contributed by atoms with E-state index in [1.807, 2.05) is 0 Å². The summed E-state index contributed by atoms with van der Waals surface area (Å²) >= 11 is 0. The highest BCUT2D eigenvalue weighted by atomic mass is 15.0. The summed E-state index contributed by atoms with van der Waals surface area (Å²) in [6.45, 7) is 9.80. The van der Waals surface area contributed by atoms with Gasteiger partial charge in [-0.15, -0.1) is 0 Å². The molecule has 0 radical (unpaired) electrons. The molecule has 270 valence electrons. The van der Waals surface area contributed by atoms with E-state index in [4.69, 9.17) is 0 Å². The Morgan fingerprint density at radius 1 is 0.357 bits per heavy atom. The quantitative estimate of drug-likeness (QED) is 0.171. The van der Waals surface area contributed by atoms with E-state index in [1.165, 1.54) is 99.9 Å². The molecule has 0 saturated carbocycles. The van der Waals surface area contributed by atoms with Crippen LogP contribution in [0.25, 0.3) is 88.0 Å². The smallest absolute Gasteiger partial charge is 0.0795 e. The highest BCUT2D eigenvalue weighted by Crippen LogP contribution is 2.52. The minimum Gasteiger partial charge on any atom is -0.307 e. The molecule has 0 N–H and O–H groups in total. The molecule has 2 nitrogen and oxygen atoms in total. The van der Waals surface area contributed by atoms with E-state index >= 15 is 0 Å². The SMILES string of the molecule is CC1(C)CCC(C)(C)c2cc3c(cc21)c1c2ccccc2c2c4ccccc4n(-c4ccccc4)c2c1n3-c1cc(-c2ccccc2)cc(-c2ccccc2)c1. The van der Waals surface area contributed by atoms with Crippen LogP contribution in [0.5, 0.6) is 0 Å². The Kier molecular flexibility index (Phi) is 7.11. The van der Waals surface area contributed by atoms with E-state index in [-0.39, 0.29) is 10.8 Å². The fourth-order valence-corrected chi connectivity index (χ4v) is 9.95. The van der Waals surface area contributed by atoms with Gasteiger partial charge in [0.25, 0.3) is 0 Å². The van der Waals surface area contributed by atoms with Crippen molar-refractivity contribution in [3.05, 3.63) is 181 Å². The van der Waals surface area contributed by atoms with Crippen molar-refractivity contribution >= 4 is 54.4 Å². The van der Waals surface area contributed by atoms with Gasteiger partial charge in [-0.1, -0.05) is 149 Å². The summed E-state index contributed by atoms with van der Waals surface area (Å²) in [6.07, 6.45) is 2.33. The second kappa shape index (κ2) is 12.1. The van der Waals surface area contributed by atoms with Gasteiger partial charge in [0, 0.05) is 32.9 Å². The van der Waals surface area contributed by atoms with Crippen LogP contribution in [0.2, 0.25) is 0 Å². The van der Waals surface area contributed by atoms with Crippen LogP contribution in [0.4, 0.5) is 0 Å². The largest absolute Gasteiger partial charge is 0.307 e. The first kappa shape index (κ1) is 33.0. The van der Waals surface area contributed by atoms with Crippen LogP contribution in [-0.4, -0.2) is 9.13 Å². The predicted molar refractivity (Wildman–Crippen MR) is 239 cm³/mol. The molecule has 0 atom stereocenters. The van der Waals surface area contributed by atoms with E-state index in [0.717, 1.165) is 12.1 Å². The number of hydrogen-bond acceptors (Lipinski definition) is 0. The Bertz CT molecular complexity index is 3100. The molecule has 2 heteroatoms. The number of para-hydroxylation sites is 2. The second-order valence-electron chi connectivity index (χ2n) is 17.2.